The lowest BCUT2D eigenvalue weighted by Gasteiger charge is -2.26. The van der Waals surface area contributed by atoms with Gasteiger partial charge >= 0.3 is 0 Å². The van der Waals surface area contributed by atoms with Crippen molar-refractivity contribution < 1.29 is 8.42 Å². The minimum absolute atomic E-state index is 0.0929. The van der Waals surface area contributed by atoms with Crippen LogP contribution in [0.25, 0.3) is 0 Å². The van der Waals surface area contributed by atoms with Crippen molar-refractivity contribution in [1.29, 1.82) is 0 Å². The van der Waals surface area contributed by atoms with Crippen LogP contribution in [0.5, 0.6) is 0 Å². The van der Waals surface area contributed by atoms with Crippen molar-refractivity contribution in [2.24, 2.45) is 10.2 Å². The van der Waals surface area contributed by atoms with Crippen molar-refractivity contribution >= 4 is 16.2 Å². The number of sulfone groups is 1. The molecule has 0 bridgehead atoms. The monoisotopic (exact) mass is 411 g/mol. The van der Waals surface area contributed by atoms with Crippen LogP contribution in [0.2, 0.25) is 0 Å². The Bertz CT molecular complexity index is 1040. The molecular weight excluding hydrogens is 386 g/mol. The molecule has 0 fully saturated rings. The maximum Gasteiger partial charge on any atom is 0.175 e. The molecule has 7 heteroatoms. The van der Waals surface area contributed by atoms with Crippen LogP contribution in [-0.2, 0) is 9.84 Å². The lowest BCUT2D eigenvalue weighted by molar-refractivity contribution is 0.511. The minimum atomic E-state index is -3.27. The van der Waals surface area contributed by atoms with Gasteiger partial charge in [-0.1, -0.05) is 41.6 Å². The lowest BCUT2D eigenvalue weighted by Crippen LogP contribution is -2.27. The van der Waals surface area contributed by atoms with E-state index in [0.717, 1.165) is 22.3 Å². The molecule has 2 aromatic carbocycles. The molecule has 0 saturated carbocycles. The van der Waals surface area contributed by atoms with E-state index in [0.29, 0.717) is 13.0 Å². The van der Waals surface area contributed by atoms with Crippen molar-refractivity contribution in [3.8, 4) is 0 Å². The molecular formula is C22H25N3O3S. The summed E-state index contributed by atoms with van der Waals surface area (Å²) in [4.78, 5) is 18.1. The molecule has 2 atom stereocenters. The van der Waals surface area contributed by atoms with Gasteiger partial charge in [0.05, 0.1) is 11.2 Å². The number of nitroso groups, excluding NO2 is 1. The van der Waals surface area contributed by atoms with E-state index in [2.05, 4.69) is 10.2 Å². The SMILES string of the molecule is Cc1ccccc1[C@@H](CC(N=O)C1=CN=CN(C)C1)c1ccc(S(C)(=O)=O)cc1. The Labute approximate surface area is 171 Å². The molecule has 0 amide bonds. The lowest BCUT2D eigenvalue weighted by atomic mass is 9.82. The molecule has 1 unspecified atom stereocenters. The number of aryl methyl sites for hydroxylation is 1. The average Bonchev–Trinajstić information content (AvgIpc) is 2.69. The van der Waals surface area contributed by atoms with Crippen molar-refractivity contribution in [2.45, 2.75) is 30.2 Å². The van der Waals surface area contributed by atoms with Crippen molar-refractivity contribution in [2.75, 3.05) is 19.8 Å². The van der Waals surface area contributed by atoms with Gasteiger partial charge < -0.3 is 4.90 Å². The summed E-state index contributed by atoms with van der Waals surface area (Å²) in [5.74, 6) is -0.0929. The highest BCUT2D eigenvalue weighted by Crippen LogP contribution is 2.34. The third kappa shape index (κ3) is 4.98. The molecule has 0 spiro atoms. The number of hydrogen-bond acceptors (Lipinski definition) is 6. The zero-order valence-corrected chi connectivity index (χ0v) is 17.6. The highest BCUT2D eigenvalue weighted by molar-refractivity contribution is 7.90. The number of benzene rings is 2. The largest absolute Gasteiger partial charge is 0.362 e. The van der Waals surface area contributed by atoms with Gasteiger partial charge in [0.1, 0.15) is 6.04 Å². The second-order valence-corrected chi connectivity index (χ2v) is 9.51. The highest BCUT2D eigenvalue weighted by atomic mass is 32.2. The summed E-state index contributed by atoms with van der Waals surface area (Å²) in [6.45, 7) is 2.64. The van der Waals surface area contributed by atoms with E-state index in [4.69, 9.17) is 0 Å². The minimum Gasteiger partial charge on any atom is -0.362 e. The molecule has 0 radical (unpaired) electrons. The van der Waals surface area contributed by atoms with E-state index in [1.165, 1.54) is 6.26 Å². The normalized spacial score (nSPS) is 16.2. The van der Waals surface area contributed by atoms with Crippen molar-refractivity contribution in [3.05, 3.63) is 81.9 Å². The maximum absolute atomic E-state index is 11.8. The Morgan fingerprint density at radius 2 is 1.83 bits per heavy atom. The quantitative estimate of drug-likeness (QED) is 0.647. The van der Waals surface area contributed by atoms with Gasteiger partial charge in [-0.25, -0.2) is 13.4 Å². The van der Waals surface area contributed by atoms with E-state index in [-0.39, 0.29) is 10.8 Å². The second kappa shape index (κ2) is 8.69. The Morgan fingerprint density at radius 1 is 1.14 bits per heavy atom. The van der Waals surface area contributed by atoms with Crippen LogP contribution in [-0.4, -0.2) is 45.5 Å². The molecule has 0 N–H and O–H groups in total. The predicted molar refractivity (Wildman–Crippen MR) is 116 cm³/mol. The fourth-order valence-electron chi connectivity index (χ4n) is 3.66. The number of nitrogens with zero attached hydrogens (tertiary/aromatic N) is 3. The number of hydrogen-bond donors (Lipinski definition) is 0. The van der Waals surface area contributed by atoms with Gasteiger partial charge in [0.15, 0.2) is 9.84 Å². The summed E-state index contributed by atoms with van der Waals surface area (Å²) in [5.41, 5.74) is 4.04. The fraction of sp³-hybridized carbons (Fsp3) is 0.318. The highest BCUT2D eigenvalue weighted by Gasteiger charge is 2.26. The van der Waals surface area contributed by atoms with Gasteiger partial charge in [0, 0.05) is 32.0 Å². The second-order valence-electron chi connectivity index (χ2n) is 7.49. The number of rotatable bonds is 7. The third-order valence-electron chi connectivity index (χ3n) is 5.22. The van der Waals surface area contributed by atoms with Crippen LogP contribution < -0.4 is 0 Å². The number of likely N-dealkylation sites (N-methyl/N-ethyl adjacent to an activating group) is 1. The topological polar surface area (TPSA) is 79.2 Å². The zero-order valence-electron chi connectivity index (χ0n) is 16.8. The van der Waals surface area contributed by atoms with Crippen LogP contribution in [0.15, 0.2) is 75.4 Å². The summed E-state index contributed by atoms with van der Waals surface area (Å²) in [7, 11) is -1.36. The Hall–Kier alpha value is -2.80. The van der Waals surface area contributed by atoms with Crippen LogP contribution in [0, 0.1) is 11.8 Å². The zero-order chi connectivity index (χ0) is 21.0. The fourth-order valence-corrected chi connectivity index (χ4v) is 4.29. The summed E-state index contributed by atoms with van der Waals surface area (Å²) >= 11 is 0. The van der Waals surface area contributed by atoms with Crippen LogP contribution in [0.1, 0.15) is 29.0 Å². The van der Waals surface area contributed by atoms with E-state index < -0.39 is 15.9 Å². The summed E-state index contributed by atoms with van der Waals surface area (Å²) < 4.78 is 23.6. The van der Waals surface area contributed by atoms with Crippen molar-refractivity contribution in [3.63, 3.8) is 0 Å². The first-order chi connectivity index (χ1) is 13.8. The van der Waals surface area contributed by atoms with E-state index in [1.54, 1.807) is 24.7 Å². The molecule has 1 heterocycles. The Morgan fingerprint density at radius 3 is 2.41 bits per heavy atom. The smallest absolute Gasteiger partial charge is 0.175 e. The molecule has 152 valence electrons. The first-order valence-corrected chi connectivity index (χ1v) is 11.3. The summed E-state index contributed by atoms with van der Waals surface area (Å²) in [6.07, 6.45) is 5.11. The standard InChI is InChI=1S/C22H25N3O3S/c1-16-6-4-5-7-20(16)21(17-8-10-19(11-9-17)29(3,27)28)12-22(24-26)18-13-23-15-25(2)14-18/h4-11,13,15,21-22H,12,14H2,1-3H3/t21-,22?/m0/s1. The summed E-state index contributed by atoms with van der Waals surface area (Å²) in [5, 5.41) is 3.41. The van der Waals surface area contributed by atoms with E-state index in [9.17, 15) is 13.3 Å². The average molecular weight is 412 g/mol. The molecule has 3 rings (SSSR count). The van der Waals surface area contributed by atoms with E-state index >= 15 is 0 Å². The van der Waals surface area contributed by atoms with Crippen LogP contribution >= 0.6 is 0 Å². The van der Waals surface area contributed by atoms with Gasteiger partial charge in [0.2, 0.25) is 0 Å². The van der Waals surface area contributed by atoms with Gasteiger partial charge in [-0.3, -0.25) is 0 Å². The third-order valence-corrected chi connectivity index (χ3v) is 6.35. The molecule has 29 heavy (non-hydrogen) atoms. The molecule has 1 aliphatic heterocycles. The first-order valence-electron chi connectivity index (χ1n) is 9.40. The van der Waals surface area contributed by atoms with Gasteiger partial charge in [0.25, 0.3) is 0 Å². The predicted octanol–water partition coefficient (Wildman–Crippen LogP) is 3.91. The number of aliphatic imine (C=N–C) groups is 1. The van der Waals surface area contributed by atoms with Crippen molar-refractivity contribution in [1.82, 2.24) is 4.90 Å². The molecule has 0 aromatic heterocycles. The van der Waals surface area contributed by atoms with Gasteiger partial charge in [-0.2, -0.15) is 4.91 Å². The van der Waals surface area contributed by atoms with Crippen LogP contribution in [0.4, 0.5) is 0 Å². The van der Waals surface area contributed by atoms with Gasteiger partial charge in [-0.05, 0) is 47.7 Å². The molecule has 6 nitrogen and oxygen atoms in total. The summed E-state index contributed by atoms with van der Waals surface area (Å²) in [6, 6.07) is 14.4. The molecule has 1 aliphatic rings. The molecule has 0 saturated heterocycles. The van der Waals surface area contributed by atoms with E-state index in [1.807, 2.05) is 55.3 Å². The van der Waals surface area contributed by atoms with Gasteiger partial charge in [-0.15, -0.1) is 0 Å². The molecule has 2 aromatic rings. The first kappa shape index (κ1) is 20.9. The molecule has 0 aliphatic carbocycles. The maximum atomic E-state index is 11.8. The van der Waals surface area contributed by atoms with Crippen LogP contribution in [0.3, 0.4) is 0 Å². The Balaban J connectivity index is 2.00. The Kier molecular flexibility index (Phi) is 6.27.